The maximum atomic E-state index is 8.63. The van der Waals surface area contributed by atoms with Gasteiger partial charge in [0.1, 0.15) is 0 Å². The molecule has 22 heavy (non-hydrogen) atoms. The summed E-state index contributed by atoms with van der Waals surface area (Å²) >= 11 is 0. The second-order valence-corrected chi connectivity index (χ2v) is 5.13. The van der Waals surface area contributed by atoms with E-state index in [1.54, 1.807) is 0 Å². The molecular weight excluding hydrogens is 434 g/mol. The standard InChI is InChI=1S/Al.Na.4H2O4S/c;;4*1-5(2,3)4/h;;4*(H2,1,2,3,4)/q+3;+1;;;;/p-4. The minimum Gasteiger partial charge on any atom is -0.726 e. The largest absolute Gasteiger partial charge is 3.00 e. The Morgan fingerprint density at radius 2 is 0.455 bits per heavy atom. The van der Waals surface area contributed by atoms with E-state index in [4.69, 9.17) is 70.1 Å². The van der Waals surface area contributed by atoms with Gasteiger partial charge >= 0.3 is 46.9 Å². The quantitative estimate of drug-likeness (QED) is 0.155. The van der Waals surface area contributed by atoms with Crippen LogP contribution in [-0.2, 0) is 41.6 Å². The maximum absolute atomic E-state index is 8.63. The first-order valence-corrected chi connectivity index (χ1v) is 8.19. The maximum Gasteiger partial charge on any atom is 3.00 e. The average molecular weight is 438 g/mol. The Balaban J connectivity index is -0.0000000376. The molecule has 0 unspecified atom stereocenters. The molecule has 0 heterocycles. The second kappa shape index (κ2) is 15.5. The molecule has 0 aliphatic heterocycles. The van der Waals surface area contributed by atoms with Gasteiger partial charge in [-0.25, -0.2) is 33.7 Å². The van der Waals surface area contributed by atoms with Crippen LogP contribution in [0.5, 0.6) is 0 Å². The molecule has 0 aliphatic carbocycles. The van der Waals surface area contributed by atoms with E-state index in [9.17, 15) is 0 Å². The molecular formula is H4AlNaO16S4. The van der Waals surface area contributed by atoms with Gasteiger partial charge in [0.15, 0.2) is 0 Å². The van der Waals surface area contributed by atoms with Gasteiger partial charge in [0.2, 0.25) is 41.6 Å². The minimum absolute atomic E-state index is 0. The molecule has 0 aromatic carbocycles. The second-order valence-electron chi connectivity index (χ2n) is 1.71. The van der Waals surface area contributed by atoms with Crippen LogP contribution in [-0.4, -0.2) is 87.5 Å². The Labute approximate surface area is 157 Å². The Bertz CT molecular complexity index is 479. The van der Waals surface area contributed by atoms with Crippen LogP contribution in [0.25, 0.3) is 0 Å². The summed E-state index contributed by atoms with van der Waals surface area (Å²) in [5.41, 5.74) is 0. The first-order valence-electron chi connectivity index (χ1n) is 2.73. The average Bonchev–Trinajstić information content (AvgIpc) is 1.62. The van der Waals surface area contributed by atoms with Crippen LogP contribution in [0, 0.1) is 0 Å². The molecule has 0 atom stereocenters. The van der Waals surface area contributed by atoms with Crippen molar-refractivity contribution in [1.82, 2.24) is 0 Å². The van der Waals surface area contributed by atoms with Gasteiger partial charge in [-0.15, -0.1) is 0 Å². The smallest absolute Gasteiger partial charge is 0.726 e. The molecule has 22 heteroatoms. The zero-order chi connectivity index (χ0) is 18.0. The van der Waals surface area contributed by atoms with Crippen molar-refractivity contribution in [2.75, 3.05) is 0 Å². The third-order valence-corrected chi connectivity index (χ3v) is 0. The van der Waals surface area contributed by atoms with E-state index in [0.29, 0.717) is 0 Å². The first kappa shape index (κ1) is 38.5. The SMILES string of the molecule is O=S(=O)([O-])O.O=S(=O)([O-])O.O=S(=O)([O-])O.O=S(=O)([O-])O.[Al+3].[Na+]. The van der Waals surface area contributed by atoms with Gasteiger partial charge in [0.25, 0.3) is 0 Å². The molecule has 0 rings (SSSR count). The van der Waals surface area contributed by atoms with E-state index >= 15 is 0 Å². The van der Waals surface area contributed by atoms with Crippen molar-refractivity contribution in [2.45, 2.75) is 0 Å². The van der Waals surface area contributed by atoms with Crippen LogP contribution in [0.3, 0.4) is 0 Å². The Hall–Kier alpha value is 1.01. The van der Waals surface area contributed by atoms with E-state index in [1.807, 2.05) is 0 Å². The monoisotopic (exact) mass is 438 g/mol. The molecule has 0 radical (unpaired) electrons. The van der Waals surface area contributed by atoms with Gasteiger partial charge in [-0.3, -0.25) is 18.2 Å². The Morgan fingerprint density at radius 1 is 0.455 bits per heavy atom. The van der Waals surface area contributed by atoms with Crippen LogP contribution in [0.4, 0.5) is 0 Å². The summed E-state index contributed by atoms with van der Waals surface area (Å²) < 4.78 is 131. The zero-order valence-electron chi connectivity index (χ0n) is 9.90. The van der Waals surface area contributed by atoms with Gasteiger partial charge in [-0.05, 0) is 0 Å². The molecule has 4 N–H and O–H groups in total. The van der Waals surface area contributed by atoms with Gasteiger partial charge in [0, 0.05) is 0 Å². The molecule has 0 saturated heterocycles. The summed E-state index contributed by atoms with van der Waals surface area (Å²) in [7, 11) is -19.7. The zero-order valence-corrected chi connectivity index (χ0v) is 16.3. The first-order chi connectivity index (χ1) is 8.00. The third-order valence-electron chi connectivity index (χ3n) is 0. The molecule has 0 spiro atoms. The van der Waals surface area contributed by atoms with Crippen molar-refractivity contribution in [1.29, 1.82) is 0 Å². The molecule has 0 amide bonds. The van der Waals surface area contributed by atoms with Crippen LogP contribution < -0.4 is 29.6 Å². The summed E-state index contributed by atoms with van der Waals surface area (Å²) in [6.45, 7) is 0. The van der Waals surface area contributed by atoms with E-state index in [0.717, 1.165) is 0 Å². The molecule has 128 valence electrons. The summed E-state index contributed by atoms with van der Waals surface area (Å²) in [6, 6.07) is 0. The number of hydrogen-bond acceptors (Lipinski definition) is 12. The summed E-state index contributed by atoms with van der Waals surface area (Å²) in [5.74, 6) is 0. The predicted molar refractivity (Wildman–Crippen MR) is 55.1 cm³/mol. The molecule has 16 nitrogen and oxygen atoms in total. The molecule has 0 aliphatic rings. The molecule has 0 saturated carbocycles. The van der Waals surface area contributed by atoms with Crippen LogP contribution >= 0.6 is 0 Å². The van der Waals surface area contributed by atoms with Crippen LogP contribution in [0.15, 0.2) is 0 Å². The Morgan fingerprint density at radius 3 is 0.455 bits per heavy atom. The van der Waals surface area contributed by atoms with E-state index in [-0.39, 0.29) is 46.9 Å². The van der Waals surface area contributed by atoms with Crippen LogP contribution in [0.1, 0.15) is 0 Å². The minimum atomic E-state index is -4.92. The molecule has 0 aromatic heterocycles. The van der Waals surface area contributed by atoms with Crippen molar-refractivity contribution >= 4 is 59.0 Å². The molecule has 0 bridgehead atoms. The van der Waals surface area contributed by atoms with Gasteiger partial charge in [0.05, 0.1) is 0 Å². The summed E-state index contributed by atoms with van der Waals surface area (Å²) in [4.78, 5) is 0. The van der Waals surface area contributed by atoms with Crippen LogP contribution in [0.2, 0.25) is 0 Å². The Kier molecular flexibility index (Phi) is 27.2. The summed E-state index contributed by atoms with van der Waals surface area (Å²) in [6.07, 6.45) is 0. The van der Waals surface area contributed by atoms with Gasteiger partial charge < -0.3 is 18.2 Å². The summed E-state index contributed by atoms with van der Waals surface area (Å²) in [5, 5.41) is 0. The normalized spacial score (nSPS) is 10.5. The fourth-order valence-electron chi connectivity index (χ4n) is 0. The van der Waals surface area contributed by atoms with Crippen molar-refractivity contribution in [3.05, 3.63) is 0 Å². The fourth-order valence-corrected chi connectivity index (χ4v) is 0. The van der Waals surface area contributed by atoms with Gasteiger partial charge in [-0.2, -0.15) is 0 Å². The van der Waals surface area contributed by atoms with E-state index < -0.39 is 41.6 Å². The fraction of sp³-hybridized carbons (Fsp3) is 0. The third kappa shape index (κ3) is 8210. The topological polar surface area (TPSA) is 310 Å². The van der Waals surface area contributed by atoms with E-state index in [1.165, 1.54) is 0 Å². The molecule has 0 fully saturated rings. The van der Waals surface area contributed by atoms with Crippen molar-refractivity contribution in [3.8, 4) is 0 Å². The predicted octanol–water partition coefficient (Wildman–Crippen LogP) is -7.36. The van der Waals surface area contributed by atoms with Gasteiger partial charge in [-0.1, -0.05) is 0 Å². The van der Waals surface area contributed by atoms with Crippen molar-refractivity contribution in [2.24, 2.45) is 0 Å². The van der Waals surface area contributed by atoms with Crippen molar-refractivity contribution < 1.29 is 99.7 Å². The number of rotatable bonds is 0. The van der Waals surface area contributed by atoms with Crippen molar-refractivity contribution in [3.63, 3.8) is 0 Å². The van der Waals surface area contributed by atoms with E-state index in [2.05, 4.69) is 0 Å². The number of hydrogen-bond donors (Lipinski definition) is 4. The molecule has 0 aromatic rings.